The number of hydrogen-bond acceptors (Lipinski definition) is 3. The standard InChI is InChI=1S/C12H20O3/c1-11(2,10(13)15-3)12(14)7-8-4-5-9(12)6-8/h8-9,14H,4-7H2,1-3H3. The number of rotatable bonds is 2. The molecule has 3 heteroatoms. The van der Waals surface area contributed by atoms with E-state index in [1.165, 1.54) is 13.5 Å². The Hall–Kier alpha value is -0.570. The number of esters is 1. The van der Waals surface area contributed by atoms with Crippen molar-refractivity contribution in [2.75, 3.05) is 7.11 Å². The maximum atomic E-state index is 11.7. The van der Waals surface area contributed by atoms with Gasteiger partial charge >= 0.3 is 5.97 Å². The smallest absolute Gasteiger partial charge is 0.314 e. The summed E-state index contributed by atoms with van der Waals surface area (Å²) in [5.41, 5.74) is -1.62. The molecule has 0 heterocycles. The molecule has 0 radical (unpaired) electrons. The molecule has 2 fully saturated rings. The molecule has 2 saturated carbocycles. The van der Waals surface area contributed by atoms with Crippen molar-refractivity contribution < 1.29 is 14.6 Å². The second-order valence-corrected chi connectivity index (χ2v) is 5.62. The molecule has 0 aromatic carbocycles. The van der Waals surface area contributed by atoms with E-state index in [-0.39, 0.29) is 11.9 Å². The van der Waals surface area contributed by atoms with Crippen molar-refractivity contribution in [3.8, 4) is 0 Å². The number of carbonyl (C=O) groups excluding carboxylic acids is 1. The summed E-state index contributed by atoms with van der Waals surface area (Å²) in [5.74, 6) is 0.609. The fourth-order valence-electron chi connectivity index (χ4n) is 3.50. The van der Waals surface area contributed by atoms with Gasteiger partial charge in [0.15, 0.2) is 0 Å². The predicted octanol–water partition coefficient (Wildman–Crippen LogP) is 1.74. The average Bonchev–Trinajstić information content (AvgIpc) is 2.76. The Morgan fingerprint density at radius 2 is 2.13 bits per heavy atom. The van der Waals surface area contributed by atoms with Crippen LogP contribution in [0.4, 0.5) is 0 Å². The van der Waals surface area contributed by atoms with Gasteiger partial charge in [0.1, 0.15) is 0 Å². The Labute approximate surface area is 90.8 Å². The lowest BCUT2D eigenvalue weighted by molar-refractivity contribution is -0.175. The van der Waals surface area contributed by atoms with Gasteiger partial charge in [-0.3, -0.25) is 4.79 Å². The maximum Gasteiger partial charge on any atom is 0.314 e. The SMILES string of the molecule is COC(=O)C(C)(C)C1(O)CC2CCC1C2. The molecule has 2 aliphatic rings. The second-order valence-electron chi connectivity index (χ2n) is 5.62. The topological polar surface area (TPSA) is 46.5 Å². The largest absolute Gasteiger partial charge is 0.469 e. The Balaban J connectivity index is 2.26. The van der Waals surface area contributed by atoms with Gasteiger partial charge < -0.3 is 9.84 Å². The summed E-state index contributed by atoms with van der Waals surface area (Å²) in [5, 5.41) is 10.7. The minimum atomic E-state index is -0.844. The first-order chi connectivity index (χ1) is 6.91. The minimum Gasteiger partial charge on any atom is -0.469 e. The van der Waals surface area contributed by atoms with Gasteiger partial charge in [0, 0.05) is 0 Å². The molecule has 2 aliphatic carbocycles. The summed E-state index contributed by atoms with van der Waals surface area (Å²) in [4.78, 5) is 11.7. The average molecular weight is 212 g/mol. The zero-order valence-electron chi connectivity index (χ0n) is 9.75. The van der Waals surface area contributed by atoms with Gasteiger partial charge in [0.05, 0.1) is 18.1 Å². The lowest BCUT2D eigenvalue weighted by atomic mass is 9.66. The second kappa shape index (κ2) is 3.21. The van der Waals surface area contributed by atoms with Crippen molar-refractivity contribution in [3.63, 3.8) is 0 Å². The highest BCUT2D eigenvalue weighted by molar-refractivity contribution is 5.77. The summed E-state index contributed by atoms with van der Waals surface area (Å²) in [6.45, 7) is 3.61. The van der Waals surface area contributed by atoms with E-state index in [9.17, 15) is 9.90 Å². The van der Waals surface area contributed by atoms with E-state index in [0.29, 0.717) is 5.92 Å². The molecule has 2 rings (SSSR count). The first-order valence-electron chi connectivity index (χ1n) is 5.72. The molecule has 0 aliphatic heterocycles. The van der Waals surface area contributed by atoms with Crippen LogP contribution in [-0.4, -0.2) is 23.8 Å². The molecule has 1 N–H and O–H groups in total. The quantitative estimate of drug-likeness (QED) is 0.709. The molecule has 86 valence electrons. The summed E-state index contributed by atoms with van der Waals surface area (Å²) in [7, 11) is 1.39. The van der Waals surface area contributed by atoms with Gasteiger partial charge in [-0.1, -0.05) is 0 Å². The number of aliphatic hydroxyl groups is 1. The van der Waals surface area contributed by atoms with Crippen LogP contribution >= 0.6 is 0 Å². The van der Waals surface area contributed by atoms with Crippen molar-refractivity contribution in [2.24, 2.45) is 17.3 Å². The molecule has 0 aromatic heterocycles. The molecular weight excluding hydrogens is 192 g/mol. The molecule has 0 saturated heterocycles. The highest BCUT2D eigenvalue weighted by Crippen LogP contribution is 2.57. The van der Waals surface area contributed by atoms with Crippen LogP contribution in [0.2, 0.25) is 0 Å². The number of methoxy groups -OCH3 is 1. The monoisotopic (exact) mass is 212 g/mol. The molecule has 0 spiro atoms. The van der Waals surface area contributed by atoms with Gasteiger partial charge in [-0.15, -0.1) is 0 Å². The van der Waals surface area contributed by atoms with Gasteiger partial charge in [-0.2, -0.15) is 0 Å². The van der Waals surface area contributed by atoms with Crippen molar-refractivity contribution in [2.45, 2.75) is 45.1 Å². The van der Waals surface area contributed by atoms with Crippen molar-refractivity contribution in [3.05, 3.63) is 0 Å². The van der Waals surface area contributed by atoms with Crippen LogP contribution in [0.25, 0.3) is 0 Å². The molecule has 3 unspecified atom stereocenters. The third-order valence-corrected chi connectivity index (χ3v) is 4.59. The molecule has 0 aromatic rings. The molecule has 3 atom stereocenters. The van der Waals surface area contributed by atoms with E-state index < -0.39 is 11.0 Å². The van der Waals surface area contributed by atoms with E-state index >= 15 is 0 Å². The van der Waals surface area contributed by atoms with Gasteiger partial charge in [-0.25, -0.2) is 0 Å². The van der Waals surface area contributed by atoms with Gasteiger partial charge in [0.25, 0.3) is 0 Å². The van der Waals surface area contributed by atoms with E-state index in [1.54, 1.807) is 13.8 Å². The van der Waals surface area contributed by atoms with Crippen LogP contribution in [0.3, 0.4) is 0 Å². The molecule has 15 heavy (non-hydrogen) atoms. The summed E-state index contributed by atoms with van der Waals surface area (Å²) >= 11 is 0. The first kappa shape index (κ1) is 10.9. The van der Waals surface area contributed by atoms with Crippen molar-refractivity contribution >= 4 is 5.97 Å². The predicted molar refractivity (Wildman–Crippen MR) is 56.2 cm³/mol. The van der Waals surface area contributed by atoms with Crippen LogP contribution in [0.1, 0.15) is 39.5 Å². The summed E-state index contributed by atoms with van der Waals surface area (Å²) in [6.07, 6.45) is 4.11. The Kier molecular flexibility index (Phi) is 2.34. The van der Waals surface area contributed by atoms with Crippen LogP contribution in [0, 0.1) is 17.3 Å². The number of ether oxygens (including phenoxy) is 1. The van der Waals surface area contributed by atoms with Crippen molar-refractivity contribution in [1.82, 2.24) is 0 Å². The maximum absolute atomic E-state index is 11.7. The number of fused-ring (bicyclic) bond motifs is 2. The van der Waals surface area contributed by atoms with Crippen molar-refractivity contribution in [1.29, 1.82) is 0 Å². The lowest BCUT2D eigenvalue weighted by Crippen LogP contribution is -2.53. The number of hydrogen-bond donors (Lipinski definition) is 1. The van der Waals surface area contributed by atoms with Gasteiger partial charge in [-0.05, 0) is 51.4 Å². The normalized spacial score (nSPS) is 39.5. The third-order valence-electron chi connectivity index (χ3n) is 4.59. The fraction of sp³-hybridized carbons (Fsp3) is 0.917. The van der Waals surface area contributed by atoms with E-state index in [2.05, 4.69) is 0 Å². The lowest BCUT2D eigenvalue weighted by Gasteiger charge is -2.43. The minimum absolute atomic E-state index is 0.289. The van der Waals surface area contributed by atoms with Crippen LogP contribution in [-0.2, 0) is 9.53 Å². The number of carbonyl (C=O) groups is 1. The Morgan fingerprint density at radius 3 is 2.53 bits per heavy atom. The Morgan fingerprint density at radius 1 is 1.47 bits per heavy atom. The van der Waals surface area contributed by atoms with E-state index in [0.717, 1.165) is 19.3 Å². The summed E-state index contributed by atoms with van der Waals surface area (Å²) in [6, 6.07) is 0. The molecule has 0 amide bonds. The molecule has 3 nitrogen and oxygen atoms in total. The highest BCUT2D eigenvalue weighted by atomic mass is 16.5. The van der Waals surface area contributed by atoms with E-state index in [1.807, 2.05) is 0 Å². The van der Waals surface area contributed by atoms with Crippen LogP contribution < -0.4 is 0 Å². The zero-order chi connectivity index (χ0) is 11.3. The Bertz CT molecular complexity index is 285. The van der Waals surface area contributed by atoms with Crippen LogP contribution in [0.15, 0.2) is 0 Å². The van der Waals surface area contributed by atoms with E-state index in [4.69, 9.17) is 4.74 Å². The van der Waals surface area contributed by atoms with Crippen LogP contribution in [0.5, 0.6) is 0 Å². The molecular formula is C12H20O3. The highest BCUT2D eigenvalue weighted by Gasteiger charge is 2.60. The fourth-order valence-corrected chi connectivity index (χ4v) is 3.50. The van der Waals surface area contributed by atoms with Gasteiger partial charge in [0.2, 0.25) is 0 Å². The third kappa shape index (κ3) is 1.32. The first-order valence-corrected chi connectivity index (χ1v) is 5.72. The molecule has 2 bridgehead atoms. The summed E-state index contributed by atoms with van der Waals surface area (Å²) < 4.78 is 4.80. The zero-order valence-corrected chi connectivity index (χ0v) is 9.75.